The Morgan fingerprint density at radius 3 is 2.92 bits per heavy atom. The van der Waals surface area contributed by atoms with Crippen molar-refractivity contribution in [3.63, 3.8) is 0 Å². The molecule has 0 aliphatic rings. The fourth-order valence-corrected chi connectivity index (χ4v) is 2.59. The lowest BCUT2D eigenvalue weighted by Crippen LogP contribution is -1.95. The SMILES string of the molecule is OC(c1ccsc1)c1ncc(Cl)s1. The summed E-state index contributed by atoms with van der Waals surface area (Å²) in [5.74, 6) is 0. The van der Waals surface area contributed by atoms with Crippen LogP contribution < -0.4 is 0 Å². The van der Waals surface area contributed by atoms with Gasteiger partial charge in [-0.3, -0.25) is 0 Å². The molecule has 2 rings (SSSR count). The van der Waals surface area contributed by atoms with Crippen LogP contribution in [0.3, 0.4) is 0 Å². The van der Waals surface area contributed by atoms with Gasteiger partial charge in [-0.25, -0.2) is 4.98 Å². The van der Waals surface area contributed by atoms with Crippen LogP contribution in [0.15, 0.2) is 23.0 Å². The molecular weight excluding hydrogens is 226 g/mol. The first kappa shape index (κ1) is 9.15. The fraction of sp³-hybridized carbons (Fsp3) is 0.125. The van der Waals surface area contributed by atoms with Gasteiger partial charge in [-0.1, -0.05) is 11.6 Å². The highest BCUT2D eigenvalue weighted by Crippen LogP contribution is 2.29. The molecule has 1 atom stereocenters. The summed E-state index contributed by atoms with van der Waals surface area (Å²) in [6.45, 7) is 0. The molecule has 1 N–H and O–H groups in total. The minimum atomic E-state index is -0.635. The highest BCUT2D eigenvalue weighted by Gasteiger charge is 2.14. The van der Waals surface area contributed by atoms with Crippen LogP contribution in [0.5, 0.6) is 0 Å². The van der Waals surface area contributed by atoms with Crippen LogP contribution in [0.4, 0.5) is 0 Å². The van der Waals surface area contributed by atoms with E-state index in [4.69, 9.17) is 11.6 Å². The molecule has 0 bridgehead atoms. The maximum Gasteiger partial charge on any atom is 0.131 e. The minimum Gasteiger partial charge on any atom is -0.381 e. The molecule has 13 heavy (non-hydrogen) atoms. The largest absolute Gasteiger partial charge is 0.381 e. The third-order valence-electron chi connectivity index (χ3n) is 1.59. The molecule has 0 saturated carbocycles. The van der Waals surface area contributed by atoms with Crippen molar-refractivity contribution in [3.05, 3.63) is 37.9 Å². The van der Waals surface area contributed by atoms with Crippen LogP contribution >= 0.6 is 34.3 Å². The van der Waals surface area contributed by atoms with Gasteiger partial charge in [-0.2, -0.15) is 11.3 Å². The zero-order chi connectivity index (χ0) is 9.26. The second-order valence-electron chi connectivity index (χ2n) is 2.46. The predicted octanol–water partition coefficient (Wildman–Crippen LogP) is 2.94. The highest BCUT2D eigenvalue weighted by atomic mass is 35.5. The summed E-state index contributed by atoms with van der Waals surface area (Å²) in [7, 11) is 0. The summed E-state index contributed by atoms with van der Waals surface area (Å²) in [6.07, 6.45) is 0.917. The van der Waals surface area contributed by atoms with Gasteiger partial charge in [0.05, 0.1) is 6.20 Å². The highest BCUT2D eigenvalue weighted by molar-refractivity contribution is 7.15. The third kappa shape index (κ3) is 1.91. The van der Waals surface area contributed by atoms with E-state index in [2.05, 4.69) is 4.98 Å². The summed E-state index contributed by atoms with van der Waals surface area (Å²) in [5.41, 5.74) is 0.871. The van der Waals surface area contributed by atoms with E-state index in [1.54, 1.807) is 17.5 Å². The van der Waals surface area contributed by atoms with Gasteiger partial charge in [-0.15, -0.1) is 11.3 Å². The third-order valence-corrected chi connectivity index (χ3v) is 3.46. The van der Waals surface area contributed by atoms with E-state index in [-0.39, 0.29) is 0 Å². The van der Waals surface area contributed by atoms with E-state index in [0.717, 1.165) is 5.56 Å². The number of thiophene rings is 1. The molecule has 0 fully saturated rings. The summed E-state index contributed by atoms with van der Waals surface area (Å²) in [4.78, 5) is 4.01. The van der Waals surface area contributed by atoms with E-state index in [1.807, 2.05) is 16.8 Å². The van der Waals surface area contributed by atoms with E-state index in [9.17, 15) is 5.11 Å². The molecule has 0 amide bonds. The van der Waals surface area contributed by atoms with Crippen LogP contribution in [0, 0.1) is 0 Å². The first-order chi connectivity index (χ1) is 6.27. The van der Waals surface area contributed by atoms with Crippen LogP contribution in [-0.2, 0) is 0 Å². The molecule has 0 aliphatic heterocycles. The lowest BCUT2D eigenvalue weighted by Gasteiger charge is -2.02. The minimum absolute atomic E-state index is 0.601. The number of aliphatic hydroxyl groups excluding tert-OH is 1. The van der Waals surface area contributed by atoms with Gasteiger partial charge in [0, 0.05) is 0 Å². The number of aromatic nitrogens is 1. The number of thiazole rings is 1. The van der Waals surface area contributed by atoms with Gasteiger partial charge in [0.15, 0.2) is 0 Å². The molecule has 0 spiro atoms. The number of aliphatic hydroxyl groups is 1. The molecule has 5 heteroatoms. The Hall–Kier alpha value is -0.420. The topological polar surface area (TPSA) is 33.1 Å². The Morgan fingerprint density at radius 2 is 2.38 bits per heavy atom. The molecule has 0 saturated heterocycles. The second kappa shape index (κ2) is 3.75. The van der Waals surface area contributed by atoms with Crippen LogP contribution in [0.2, 0.25) is 4.34 Å². The van der Waals surface area contributed by atoms with Crippen molar-refractivity contribution in [1.29, 1.82) is 0 Å². The van der Waals surface area contributed by atoms with Gasteiger partial charge in [0.2, 0.25) is 0 Å². The number of hydrogen-bond donors (Lipinski definition) is 1. The predicted molar refractivity (Wildman–Crippen MR) is 55.5 cm³/mol. The second-order valence-corrected chi connectivity index (χ2v) is 4.94. The van der Waals surface area contributed by atoms with Crippen molar-refractivity contribution in [2.45, 2.75) is 6.10 Å². The van der Waals surface area contributed by atoms with Crippen molar-refractivity contribution in [1.82, 2.24) is 4.98 Å². The van der Waals surface area contributed by atoms with E-state index < -0.39 is 6.10 Å². The average Bonchev–Trinajstić information content (AvgIpc) is 2.72. The van der Waals surface area contributed by atoms with E-state index >= 15 is 0 Å². The molecule has 0 aromatic carbocycles. The van der Waals surface area contributed by atoms with Gasteiger partial charge < -0.3 is 5.11 Å². The van der Waals surface area contributed by atoms with Gasteiger partial charge in [-0.05, 0) is 22.4 Å². The van der Waals surface area contributed by atoms with Crippen molar-refractivity contribution >= 4 is 34.3 Å². The van der Waals surface area contributed by atoms with Gasteiger partial charge >= 0.3 is 0 Å². The van der Waals surface area contributed by atoms with Crippen molar-refractivity contribution in [2.75, 3.05) is 0 Å². The standard InChI is InChI=1S/C8H6ClNOS2/c9-6-3-10-8(13-6)7(11)5-1-2-12-4-5/h1-4,7,11H. The van der Waals surface area contributed by atoms with Crippen molar-refractivity contribution in [2.24, 2.45) is 0 Å². The Morgan fingerprint density at radius 1 is 1.54 bits per heavy atom. The fourth-order valence-electron chi connectivity index (χ4n) is 0.967. The number of hydrogen-bond acceptors (Lipinski definition) is 4. The first-order valence-corrected chi connectivity index (χ1v) is 5.72. The molecule has 68 valence electrons. The van der Waals surface area contributed by atoms with Crippen molar-refractivity contribution in [3.8, 4) is 0 Å². The normalized spacial score (nSPS) is 13.1. The molecule has 2 nitrogen and oxygen atoms in total. The zero-order valence-electron chi connectivity index (χ0n) is 6.48. The van der Waals surface area contributed by atoms with Crippen LogP contribution in [0.1, 0.15) is 16.7 Å². The molecule has 1 unspecified atom stereocenters. The molecule has 2 aromatic heterocycles. The quantitative estimate of drug-likeness (QED) is 0.862. The lowest BCUT2D eigenvalue weighted by atomic mass is 10.2. The maximum atomic E-state index is 9.79. The van der Waals surface area contributed by atoms with E-state index in [1.165, 1.54) is 11.3 Å². The lowest BCUT2D eigenvalue weighted by molar-refractivity contribution is 0.220. The average molecular weight is 232 g/mol. The summed E-state index contributed by atoms with van der Waals surface area (Å²) in [5, 5.41) is 14.3. The molecule has 0 aliphatic carbocycles. The summed E-state index contributed by atoms with van der Waals surface area (Å²) in [6, 6.07) is 1.88. The maximum absolute atomic E-state index is 9.79. The van der Waals surface area contributed by atoms with Crippen LogP contribution in [0.25, 0.3) is 0 Å². The molecule has 0 radical (unpaired) electrons. The number of rotatable bonds is 2. The summed E-state index contributed by atoms with van der Waals surface area (Å²) >= 11 is 8.57. The van der Waals surface area contributed by atoms with Crippen LogP contribution in [-0.4, -0.2) is 10.1 Å². The number of nitrogens with zero attached hydrogens (tertiary/aromatic N) is 1. The van der Waals surface area contributed by atoms with Crippen molar-refractivity contribution < 1.29 is 5.11 Å². The van der Waals surface area contributed by atoms with E-state index in [0.29, 0.717) is 9.34 Å². The smallest absolute Gasteiger partial charge is 0.131 e. The molecule has 2 aromatic rings. The first-order valence-electron chi connectivity index (χ1n) is 3.59. The Balaban J connectivity index is 2.28. The number of halogens is 1. The Kier molecular flexibility index (Phi) is 2.64. The molecular formula is C8H6ClNOS2. The Labute approximate surface area is 88.5 Å². The zero-order valence-corrected chi connectivity index (χ0v) is 8.86. The monoisotopic (exact) mass is 231 g/mol. The van der Waals surface area contributed by atoms with Gasteiger partial charge in [0.1, 0.15) is 15.4 Å². The van der Waals surface area contributed by atoms with Gasteiger partial charge in [0.25, 0.3) is 0 Å². The molecule has 2 heterocycles. The summed E-state index contributed by atoms with van der Waals surface area (Å²) < 4.78 is 0.601. The Bertz CT molecular complexity index is 385.